The third-order valence-electron chi connectivity index (χ3n) is 28.4. The molecule has 8 saturated carbocycles. The van der Waals surface area contributed by atoms with Gasteiger partial charge in [0.1, 0.15) is 34.3 Å². The van der Waals surface area contributed by atoms with Crippen LogP contribution in [0.1, 0.15) is 213 Å². The molecule has 10 fully saturated rings. The first kappa shape index (κ1) is 121. The van der Waals surface area contributed by atoms with Crippen molar-refractivity contribution in [1.82, 2.24) is 54.8 Å². The summed E-state index contributed by atoms with van der Waals surface area (Å²) >= 11 is 17.2. The number of aromatic nitrogens is 6. The number of hydrogen-bond donors (Lipinski definition) is 7. The number of benzene rings is 3. The molecule has 4 amide bonds. The number of methoxy groups -OCH3 is 3. The molecule has 768 valence electrons. The molecule has 3 spiro atoms. The van der Waals surface area contributed by atoms with Gasteiger partial charge in [-0.3, -0.25) is 33.7 Å². The number of halogens is 10. The zero-order valence-electron chi connectivity index (χ0n) is 78.8. The van der Waals surface area contributed by atoms with E-state index in [1.165, 1.54) is 148 Å². The van der Waals surface area contributed by atoms with Crippen LogP contribution in [0.4, 0.5) is 63.5 Å². The van der Waals surface area contributed by atoms with Crippen LogP contribution in [0.3, 0.4) is 0 Å². The number of fused-ring (bicyclic) bond motifs is 3. The Labute approximate surface area is 916 Å². The molecule has 6 aromatic rings. The van der Waals surface area contributed by atoms with E-state index in [0.29, 0.717) is 102 Å². The predicted octanol–water partition coefficient (Wildman–Crippen LogP) is 16.9. The van der Waals surface area contributed by atoms with Crippen LogP contribution in [0.25, 0.3) is 0 Å². The summed E-state index contributed by atoms with van der Waals surface area (Å²) in [7, 11) is 23.5. The number of anilines is 11. The summed E-state index contributed by atoms with van der Waals surface area (Å²) in [6.07, 6.45) is 34.3. The number of likely N-dealkylation sites (N-methyl/N-ethyl adjacent to an activating group) is 2. The summed E-state index contributed by atoms with van der Waals surface area (Å²) < 4.78 is 19.2. The van der Waals surface area contributed by atoms with Gasteiger partial charge in [0.15, 0.2) is 17.5 Å². The van der Waals surface area contributed by atoms with Gasteiger partial charge in [-0.05, 0) is 227 Å². The Morgan fingerprint density at radius 1 is 0.500 bits per heavy atom. The van der Waals surface area contributed by atoms with E-state index in [1.54, 1.807) is 81.0 Å². The Balaban J connectivity index is 0.000000244. The van der Waals surface area contributed by atoms with Gasteiger partial charge in [0.05, 0.1) is 84.4 Å². The molecule has 3 aromatic carbocycles. The Hall–Kier alpha value is -4.20. The second-order valence-corrected chi connectivity index (χ2v) is 54.0. The van der Waals surface area contributed by atoms with E-state index in [2.05, 4.69) is 181 Å². The van der Waals surface area contributed by atoms with Gasteiger partial charge in [0.25, 0.3) is 5.91 Å². The van der Waals surface area contributed by atoms with Crippen LogP contribution < -0.4 is 84.3 Å². The van der Waals surface area contributed by atoms with Crippen LogP contribution in [0.5, 0.6) is 17.2 Å². The zero-order chi connectivity index (χ0) is 96.7. The van der Waals surface area contributed by atoms with Gasteiger partial charge in [0, 0.05) is 207 Å². The average molecular weight is 2780 g/mol. The molecular weight excluding hydrogens is 2640 g/mol. The van der Waals surface area contributed by atoms with Gasteiger partial charge >= 0.3 is 62.4 Å². The number of carboxylic acid groups (broad SMARTS) is 2. The number of rotatable bonds is 16. The zero-order valence-corrected chi connectivity index (χ0v) is 97.4. The van der Waals surface area contributed by atoms with Crippen molar-refractivity contribution in [3.63, 3.8) is 0 Å². The summed E-state index contributed by atoms with van der Waals surface area (Å²) in [5.41, 5.74) is 15.4. The molecule has 2 saturated heterocycles. The van der Waals surface area contributed by atoms with Crippen molar-refractivity contribution in [2.24, 2.45) is 26.7 Å². The molecule has 138 heavy (non-hydrogen) atoms. The molecule has 8 heterocycles. The minimum atomic E-state index is -1.02. The fourth-order valence-electron chi connectivity index (χ4n) is 20.1. The molecule has 0 radical (unpaired) electrons. The number of nitrogens with one attached hydrogen (secondary N) is 3. The van der Waals surface area contributed by atoms with Crippen molar-refractivity contribution in [3.8, 4) is 17.2 Å². The van der Waals surface area contributed by atoms with Gasteiger partial charge in [-0.25, -0.2) is 24.5 Å². The number of aromatic carboxylic acids is 2. The molecule has 3 aromatic heterocycles. The number of nitrogens with zero attached hydrogens (tertiary/aromatic N) is 17. The Bertz CT molecular complexity index is 4930. The maximum absolute atomic E-state index is 13.4. The number of nitrogen functional groups attached to an aromatic ring is 1. The Morgan fingerprint density at radius 3 is 1.15 bits per heavy atom. The molecule has 0 unspecified atom stereocenters. The molecule has 8 aliphatic carbocycles. The van der Waals surface area contributed by atoms with Crippen LogP contribution in [0.15, 0.2) is 77.9 Å². The third kappa shape index (κ3) is 31.2. The first-order valence-electron chi connectivity index (χ1n) is 46.1. The SMILES string of the molecule is C.C.CN1C(=O)C2(CC2)CN(C2CCCC2)c2nc(Cl)ncc21.CN1CCN(C2CCC(N)CC2)CC1.CN=P.COc1cc(C(=O)NC2CCC(N3CCN(C)CC3)CC2)ccc1Nc1ncc2c(n1)N(C1CCCC1)CC1(CC1)C(=O)N2C.COc1cc(C(=O)O)ccc1N.COc1cc(C(=O)O)ccc1Nc1ncc2c(n1)N(C1CCCC1)CC1(CC1)C(=O)N2C.Cl.ClI.I.II.I[I-]I. The number of carboxylic acids is 2. The Kier molecular flexibility index (Phi) is 50.6. The van der Waals surface area contributed by atoms with Crippen LogP contribution >= 0.6 is 162 Å². The van der Waals surface area contributed by atoms with E-state index >= 15 is 0 Å². The minimum absolute atomic E-state index is 0. The number of amides is 4. The predicted molar refractivity (Wildman–Crippen MR) is 610 cm³/mol. The van der Waals surface area contributed by atoms with E-state index in [-0.39, 0.29) is 114 Å². The van der Waals surface area contributed by atoms with E-state index in [4.69, 9.17) is 52.4 Å². The number of nitrogens with two attached hydrogens (primary N) is 2. The molecule has 0 bridgehead atoms. The molecule has 33 nitrogen and oxygen atoms in total. The number of ether oxygens (including phenoxy) is 3. The normalized spacial score (nSPS) is 21.6. The Morgan fingerprint density at radius 2 is 0.812 bits per heavy atom. The van der Waals surface area contributed by atoms with Crippen LogP contribution in [0, 0.1) is 16.2 Å². The molecule has 19 rings (SSSR count). The van der Waals surface area contributed by atoms with E-state index < -0.39 is 11.9 Å². The van der Waals surface area contributed by atoms with Crippen LogP contribution in [-0.2, 0) is 14.4 Å². The number of carbonyl (C=O) groups excluding carboxylic acids is 4. The summed E-state index contributed by atoms with van der Waals surface area (Å²) in [4.78, 5) is 124. The molecule has 9 N–H and O–H groups in total. The molecular formula is C94H140Cl3I7N22O11P-. The topological polar surface area (TPSA) is 381 Å². The number of hydrogen-bond acceptors (Lipinski definition) is 27. The second-order valence-electron chi connectivity index (χ2n) is 36.9. The first-order chi connectivity index (χ1) is 64.6. The molecule has 44 heteroatoms. The second kappa shape index (κ2) is 57.8. The standard InChI is InChI=1S/C34H48N8O3.C23H27N5O4.C15H19ClN4O.C11H23N3.C8H9NO3.CH4NP.2CH4.ClI.ClH.I3.I2.HI/c1-39-16-18-41(19-17-39)25-11-9-24(10-12-25)36-31(43)23-8-13-27(29(20-23)45-3)37-33-35-21-28-30(38-33)42(26-6-4-5-7-26)22-34(14-15-34)32(44)40(28)2;1-27-17-12-24-22(25-16-8-7-14(20(29)30)11-18(16)32-2)26-19(17)28(15-5-3-4-6-15)13-23(9-10-23)21(27)31;1-19-11-8-17-14(16)18-12(11)20(10-4-2-3-5-10)9-15(6-7-15)13(19)21;1-13-6-8-14(9-7-13)11-4-2-10(12)3-5-11;1-12-7-4-5(8(10)11)2-3-6(7)9;1-2-3;;;1-2;;1-3-2;1-2;/h8,13,20-21,24-26H,4-7,9-12,14-19,22H2,1-3H3,(H,36,43)(H,35,37,38);7-8,11-12,15H,3-6,9-10,13H2,1-2H3,(H,29,30)(H,24,25,26);8,10H,2-7,9H2,1H3;10-11H,2-9,12H2,1H3;2-4H,9H2,1H3,(H,10,11);3H,1H3;2*1H4;;1H;;;1H/q;;;;;;;;;;-1;;. The summed E-state index contributed by atoms with van der Waals surface area (Å²) in [5.74, 6) is 3.01. The van der Waals surface area contributed by atoms with Crippen molar-refractivity contribution in [2.75, 3.05) is 181 Å². The van der Waals surface area contributed by atoms with Crippen LogP contribution in [0.2, 0.25) is 5.28 Å². The van der Waals surface area contributed by atoms with Crippen molar-refractivity contribution >= 4 is 261 Å². The fourth-order valence-corrected chi connectivity index (χ4v) is 20.2. The molecule has 0 atom stereocenters. The molecule has 13 aliphatic rings. The van der Waals surface area contributed by atoms with Crippen molar-refractivity contribution in [1.29, 1.82) is 0 Å². The van der Waals surface area contributed by atoms with Crippen LogP contribution in [-0.4, -0.2) is 273 Å². The van der Waals surface area contributed by atoms with Gasteiger partial charge < -0.3 is 91.0 Å². The first-order valence-corrected chi connectivity index (χ1v) is 68.5. The van der Waals surface area contributed by atoms with E-state index in [9.17, 15) is 33.9 Å². The monoisotopic (exact) mass is 2780 g/mol. The third-order valence-corrected chi connectivity index (χ3v) is 28.6. The van der Waals surface area contributed by atoms with E-state index in [1.807, 2.05) is 33.3 Å². The van der Waals surface area contributed by atoms with Gasteiger partial charge in [-0.15, -0.1) is 36.4 Å². The summed E-state index contributed by atoms with van der Waals surface area (Å²) in [6.45, 7) is 11.8. The number of carbonyl (C=O) groups is 6. The maximum atomic E-state index is 13.4. The van der Waals surface area contributed by atoms with Gasteiger partial charge in [-0.2, -0.15) is 15.0 Å². The number of piperazine rings is 2. The summed E-state index contributed by atoms with van der Waals surface area (Å²) in [5, 5.41) is 27.9. The van der Waals surface area contributed by atoms with Crippen molar-refractivity contribution in [2.45, 2.75) is 224 Å². The quantitative estimate of drug-likeness (QED) is 0.0205. The summed E-state index contributed by atoms with van der Waals surface area (Å²) in [6, 6.07) is 17.8. The van der Waals surface area contributed by atoms with E-state index in [0.717, 1.165) is 170 Å². The van der Waals surface area contributed by atoms with Gasteiger partial charge in [0.2, 0.25) is 34.9 Å². The van der Waals surface area contributed by atoms with Gasteiger partial charge in [-0.1, -0.05) is 53.4 Å². The van der Waals surface area contributed by atoms with Crippen molar-refractivity contribution < 1.29 is 66.4 Å². The average Bonchev–Trinajstić information content (AvgIpc) is 1.59. The fraction of sp³-hybridized carbons (Fsp3) is 0.617. The van der Waals surface area contributed by atoms with Crippen molar-refractivity contribution in [3.05, 3.63) is 95.2 Å². The molecule has 5 aliphatic heterocycles.